The summed E-state index contributed by atoms with van der Waals surface area (Å²) < 4.78 is 10.8. The Labute approximate surface area is 120 Å². The van der Waals surface area contributed by atoms with E-state index in [0.717, 1.165) is 19.4 Å². The first-order valence-electron chi connectivity index (χ1n) is 7.18. The van der Waals surface area contributed by atoms with Crippen LogP contribution in [0, 0.1) is 5.92 Å². The van der Waals surface area contributed by atoms with Crippen LogP contribution in [0.4, 0.5) is 0 Å². The van der Waals surface area contributed by atoms with Crippen LogP contribution in [0.5, 0.6) is 0 Å². The monoisotopic (exact) mass is 287 g/mol. The summed E-state index contributed by atoms with van der Waals surface area (Å²) in [6.07, 6.45) is 2.43. The van der Waals surface area contributed by atoms with E-state index in [4.69, 9.17) is 14.6 Å². The number of hydrogen-bond donors (Lipinski definition) is 1. The van der Waals surface area contributed by atoms with Crippen molar-refractivity contribution in [3.8, 4) is 0 Å². The van der Waals surface area contributed by atoms with E-state index in [-0.39, 0.29) is 30.9 Å². The Morgan fingerprint density at radius 1 is 1.45 bits per heavy atom. The van der Waals surface area contributed by atoms with E-state index in [9.17, 15) is 9.59 Å². The number of aliphatic carboxylic acids is 1. The highest BCUT2D eigenvalue weighted by Gasteiger charge is 2.19. The molecule has 0 aromatic heterocycles. The molecule has 0 spiro atoms. The zero-order chi connectivity index (χ0) is 15.0. The van der Waals surface area contributed by atoms with Gasteiger partial charge in [-0.1, -0.05) is 13.8 Å². The molecular weight excluding hydrogens is 262 g/mol. The van der Waals surface area contributed by atoms with Crippen molar-refractivity contribution >= 4 is 11.9 Å². The van der Waals surface area contributed by atoms with Gasteiger partial charge in [-0.25, -0.2) is 0 Å². The normalized spacial score (nSPS) is 18.4. The van der Waals surface area contributed by atoms with Crippen molar-refractivity contribution in [2.75, 3.05) is 32.9 Å². The van der Waals surface area contributed by atoms with Crippen molar-refractivity contribution in [3.05, 3.63) is 0 Å². The largest absolute Gasteiger partial charge is 0.480 e. The second-order valence-electron chi connectivity index (χ2n) is 5.52. The number of carboxylic acids is 1. The van der Waals surface area contributed by atoms with E-state index in [2.05, 4.69) is 0 Å². The molecule has 0 aromatic rings. The molecule has 0 aromatic carbocycles. The van der Waals surface area contributed by atoms with Gasteiger partial charge in [0.1, 0.15) is 6.54 Å². The Hall–Kier alpha value is -1.14. The average Bonchev–Trinajstić information content (AvgIpc) is 2.85. The first-order chi connectivity index (χ1) is 9.49. The van der Waals surface area contributed by atoms with Gasteiger partial charge in [0.15, 0.2) is 0 Å². The summed E-state index contributed by atoms with van der Waals surface area (Å²) >= 11 is 0. The first kappa shape index (κ1) is 16.9. The van der Waals surface area contributed by atoms with Crippen LogP contribution in [-0.2, 0) is 19.1 Å². The third-order valence-electron chi connectivity index (χ3n) is 3.05. The van der Waals surface area contributed by atoms with E-state index in [1.165, 1.54) is 4.90 Å². The summed E-state index contributed by atoms with van der Waals surface area (Å²) in [6, 6.07) is 0. The molecule has 20 heavy (non-hydrogen) atoms. The van der Waals surface area contributed by atoms with Crippen LogP contribution in [0.15, 0.2) is 0 Å². The Morgan fingerprint density at radius 3 is 2.75 bits per heavy atom. The summed E-state index contributed by atoms with van der Waals surface area (Å²) in [4.78, 5) is 24.1. The van der Waals surface area contributed by atoms with Crippen LogP contribution >= 0.6 is 0 Å². The molecule has 0 aliphatic carbocycles. The molecular formula is C14H25NO5. The molecule has 1 fully saturated rings. The number of rotatable bonds is 9. The molecule has 0 bridgehead atoms. The zero-order valence-corrected chi connectivity index (χ0v) is 12.3. The van der Waals surface area contributed by atoms with Crippen LogP contribution in [0.25, 0.3) is 0 Å². The fraction of sp³-hybridized carbons (Fsp3) is 0.857. The van der Waals surface area contributed by atoms with Crippen molar-refractivity contribution in [1.29, 1.82) is 0 Å². The van der Waals surface area contributed by atoms with Crippen molar-refractivity contribution in [2.45, 2.75) is 39.2 Å². The smallest absolute Gasteiger partial charge is 0.323 e. The molecule has 0 radical (unpaired) electrons. The van der Waals surface area contributed by atoms with Crippen LogP contribution in [0.2, 0.25) is 0 Å². The molecule has 1 N–H and O–H groups in total. The zero-order valence-electron chi connectivity index (χ0n) is 12.3. The van der Waals surface area contributed by atoms with E-state index in [1.54, 1.807) is 0 Å². The SMILES string of the molecule is CC(C)CN(CC(=O)O)C(=O)CCOCC1CCCO1. The molecule has 6 nitrogen and oxygen atoms in total. The Morgan fingerprint density at radius 2 is 2.20 bits per heavy atom. The fourth-order valence-electron chi connectivity index (χ4n) is 2.17. The van der Waals surface area contributed by atoms with Gasteiger partial charge in [-0.3, -0.25) is 9.59 Å². The average molecular weight is 287 g/mol. The number of hydrogen-bond acceptors (Lipinski definition) is 4. The summed E-state index contributed by atoms with van der Waals surface area (Å²) in [6.45, 7) is 5.72. The second-order valence-corrected chi connectivity index (χ2v) is 5.52. The van der Waals surface area contributed by atoms with Crippen molar-refractivity contribution in [1.82, 2.24) is 4.90 Å². The fourth-order valence-corrected chi connectivity index (χ4v) is 2.17. The molecule has 1 aliphatic heterocycles. The van der Waals surface area contributed by atoms with Gasteiger partial charge >= 0.3 is 5.97 Å². The highest BCUT2D eigenvalue weighted by Crippen LogP contribution is 2.12. The number of carbonyl (C=O) groups excluding carboxylic acids is 1. The van der Waals surface area contributed by atoms with Gasteiger partial charge in [-0.15, -0.1) is 0 Å². The predicted molar refractivity (Wildman–Crippen MR) is 73.5 cm³/mol. The molecule has 6 heteroatoms. The number of nitrogens with zero attached hydrogens (tertiary/aromatic N) is 1. The molecule has 1 amide bonds. The lowest BCUT2D eigenvalue weighted by Crippen LogP contribution is -2.38. The molecule has 1 saturated heterocycles. The first-order valence-corrected chi connectivity index (χ1v) is 7.18. The third kappa shape index (κ3) is 6.86. The summed E-state index contributed by atoms with van der Waals surface area (Å²) in [5, 5.41) is 8.82. The Bertz CT molecular complexity index is 313. The minimum atomic E-state index is -0.987. The summed E-state index contributed by atoms with van der Waals surface area (Å²) in [5.74, 6) is -0.918. The third-order valence-corrected chi connectivity index (χ3v) is 3.05. The molecule has 1 heterocycles. The molecule has 1 rings (SSSR count). The Kier molecular flexibility index (Phi) is 7.54. The van der Waals surface area contributed by atoms with E-state index in [1.807, 2.05) is 13.8 Å². The van der Waals surface area contributed by atoms with Gasteiger partial charge in [0, 0.05) is 13.2 Å². The van der Waals surface area contributed by atoms with Crippen molar-refractivity contribution < 1.29 is 24.2 Å². The van der Waals surface area contributed by atoms with Gasteiger partial charge in [0.25, 0.3) is 0 Å². The predicted octanol–water partition coefficient (Wildman–Crippen LogP) is 1.14. The van der Waals surface area contributed by atoms with Gasteiger partial charge in [0.2, 0.25) is 5.91 Å². The lowest BCUT2D eigenvalue weighted by Gasteiger charge is -2.22. The van der Waals surface area contributed by atoms with E-state index >= 15 is 0 Å². The van der Waals surface area contributed by atoms with Crippen LogP contribution in [0.3, 0.4) is 0 Å². The maximum Gasteiger partial charge on any atom is 0.323 e. The maximum absolute atomic E-state index is 12.0. The van der Waals surface area contributed by atoms with Crippen LogP contribution in [0.1, 0.15) is 33.1 Å². The highest BCUT2D eigenvalue weighted by molar-refractivity contribution is 5.81. The number of carbonyl (C=O) groups is 2. The molecule has 1 unspecified atom stereocenters. The lowest BCUT2D eigenvalue weighted by atomic mass is 10.2. The van der Waals surface area contributed by atoms with Gasteiger partial charge in [0.05, 0.1) is 25.7 Å². The van der Waals surface area contributed by atoms with Gasteiger partial charge < -0.3 is 19.5 Å². The minimum Gasteiger partial charge on any atom is -0.480 e. The van der Waals surface area contributed by atoms with Crippen molar-refractivity contribution in [3.63, 3.8) is 0 Å². The van der Waals surface area contributed by atoms with Gasteiger partial charge in [-0.2, -0.15) is 0 Å². The highest BCUT2D eigenvalue weighted by atomic mass is 16.5. The van der Waals surface area contributed by atoms with E-state index < -0.39 is 5.97 Å². The molecule has 116 valence electrons. The number of carboxylic acid groups (broad SMARTS) is 1. The number of amides is 1. The topological polar surface area (TPSA) is 76.1 Å². The number of ether oxygens (including phenoxy) is 2. The summed E-state index contributed by atoms with van der Waals surface area (Å²) in [7, 11) is 0. The molecule has 0 saturated carbocycles. The quantitative estimate of drug-likeness (QED) is 0.644. The Balaban J connectivity index is 2.23. The van der Waals surface area contributed by atoms with Crippen LogP contribution in [-0.4, -0.2) is 60.9 Å². The second kappa shape index (κ2) is 8.92. The van der Waals surface area contributed by atoms with Crippen LogP contribution < -0.4 is 0 Å². The standard InChI is InChI=1S/C14H25NO5/c1-11(2)8-15(9-14(17)18)13(16)5-7-19-10-12-4-3-6-20-12/h11-12H,3-10H2,1-2H3,(H,17,18). The minimum absolute atomic E-state index is 0.149. The molecule has 1 atom stereocenters. The molecule has 1 aliphatic rings. The van der Waals surface area contributed by atoms with Crippen molar-refractivity contribution in [2.24, 2.45) is 5.92 Å². The maximum atomic E-state index is 12.0. The summed E-state index contributed by atoms with van der Waals surface area (Å²) in [5.41, 5.74) is 0. The van der Waals surface area contributed by atoms with Gasteiger partial charge in [-0.05, 0) is 18.8 Å². The lowest BCUT2D eigenvalue weighted by molar-refractivity contribution is -0.145. The van der Waals surface area contributed by atoms with E-state index in [0.29, 0.717) is 19.8 Å².